The van der Waals surface area contributed by atoms with Gasteiger partial charge in [0.1, 0.15) is 0 Å². The van der Waals surface area contributed by atoms with Crippen molar-refractivity contribution in [1.29, 1.82) is 0 Å². The van der Waals surface area contributed by atoms with E-state index in [9.17, 15) is 4.79 Å². The van der Waals surface area contributed by atoms with E-state index in [4.69, 9.17) is 9.47 Å². The van der Waals surface area contributed by atoms with Crippen LogP contribution in [0.1, 0.15) is 23.2 Å². The molecule has 1 aliphatic heterocycles. The molecule has 0 bridgehead atoms. The SMILES string of the molecule is COCC1(NC(=O)c2cnc3cc[nH]c3c2)CCOCC1. The van der Waals surface area contributed by atoms with E-state index in [0.29, 0.717) is 25.4 Å². The van der Waals surface area contributed by atoms with Crippen LogP contribution in [-0.4, -0.2) is 48.3 Å². The fourth-order valence-corrected chi connectivity index (χ4v) is 2.72. The van der Waals surface area contributed by atoms with Crippen molar-refractivity contribution >= 4 is 16.9 Å². The molecule has 0 aromatic carbocycles. The highest BCUT2D eigenvalue weighted by Gasteiger charge is 2.34. The number of methoxy groups -OCH3 is 1. The van der Waals surface area contributed by atoms with E-state index in [1.54, 1.807) is 13.3 Å². The molecule has 1 saturated heterocycles. The van der Waals surface area contributed by atoms with E-state index in [1.165, 1.54) is 0 Å². The Bertz CT molecular complexity index is 626. The van der Waals surface area contributed by atoms with Gasteiger partial charge in [0, 0.05) is 32.7 Å². The van der Waals surface area contributed by atoms with Gasteiger partial charge in [-0.15, -0.1) is 0 Å². The minimum Gasteiger partial charge on any atom is -0.382 e. The summed E-state index contributed by atoms with van der Waals surface area (Å²) >= 11 is 0. The first-order chi connectivity index (χ1) is 10.2. The summed E-state index contributed by atoms with van der Waals surface area (Å²) in [7, 11) is 1.65. The zero-order valence-corrected chi connectivity index (χ0v) is 12.0. The van der Waals surface area contributed by atoms with E-state index in [2.05, 4.69) is 15.3 Å². The monoisotopic (exact) mass is 289 g/mol. The predicted molar refractivity (Wildman–Crippen MR) is 78.2 cm³/mol. The second-order valence-corrected chi connectivity index (χ2v) is 5.41. The molecule has 21 heavy (non-hydrogen) atoms. The topological polar surface area (TPSA) is 76.2 Å². The van der Waals surface area contributed by atoms with E-state index in [-0.39, 0.29) is 11.4 Å². The number of ether oxygens (including phenoxy) is 2. The Hall–Kier alpha value is -1.92. The molecule has 6 heteroatoms. The first-order valence-electron chi connectivity index (χ1n) is 7.05. The molecule has 0 saturated carbocycles. The molecular formula is C15H19N3O3. The maximum absolute atomic E-state index is 12.5. The molecule has 0 spiro atoms. The summed E-state index contributed by atoms with van der Waals surface area (Å²) in [5.41, 5.74) is 1.90. The van der Waals surface area contributed by atoms with Crippen molar-refractivity contribution in [3.8, 4) is 0 Å². The lowest BCUT2D eigenvalue weighted by Crippen LogP contribution is -2.55. The molecule has 6 nitrogen and oxygen atoms in total. The maximum atomic E-state index is 12.5. The average Bonchev–Trinajstić information content (AvgIpc) is 2.95. The molecule has 1 aliphatic rings. The molecular weight excluding hydrogens is 270 g/mol. The number of H-pyrrole nitrogens is 1. The summed E-state index contributed by atoms with van der Waals surface area (Å²) in [6, 6.07) is 3.69. The number of hydrogen-bond acceptors (Lipinski definition) is 4. The van der Waals surface area contributed by atoms with Crippen molar-refractivity contribution in [3.63, 3.8) is 0 Å². The largest absolute Gasteiger partial charge is 0.382 e. The van der Waals surface area contributed by atoms with E-state index >= 15 is 0 Å². The molecule has 2 N–H and O–H groups in total. The Labute approximate surface area is 122 Å². The van der Waals surface area contributed by atoms with Crippen LogP contribution >= 0.6 is 0 Å². The van der Waals surface area contributed by atoms with Gasteiger partial charge in [-0.2, -0.15) is 0 Å². The summed E-state index contributed by atoms with van der Waals surface area (Å²) in [6.07, 6.45) is 4.92. The highest BCUT2D eigenvalue weighted by atomic mass is 16.5. The van der Waals surface area contributed by atoms with Crippen molar-refractivity contribution in [3.05, 3.63) is 30.1 Å². The Morgan fingerprint density at radius 3 is 3.10 bits per heavy atom. The number of rotatable bonds is 4. The Balaban J connectivity index is 1.79. The van der Waals surface area contributed by atoms with Gasteiger partial charge in [-0.3, -0.25) is 9.78 Å². The Kier molecular flexibility index (Phi) is 3.90. The quantitative estimate of drug-likeness (QED) is 0.894. The minimum atomic E-state index is -0.352. The van der Waals surface area contributed by atoms with Crippen molar-refractivity contribution < 1.29 is 14.3 Å². The number of amides is 1. The standard InChI is InChI=1S/C15H19N3O3/c1-20-10-15(3-6-21-7-4-15)18-14(19)11-8-13-12(17-9-11)2-5-16-13/h2,5,8-9,16H,3-4,6-7,10H2,1H3,(H,18,19). The van der Waals surface area contributed by atoms with Gasteiger partial charge in [0.05, 0.1) is 28.7 Å². The average molecular weight is 289 g/mol. The van der Waals surface area contributed by atoms with Crippen LogP contribution in [0.15, 0.2) is 24.5 Å². The van der Waals surface area contributed by atoms with Gasteiger partial charge in [0.25, 0.3) is 5.91 Å². The molecule has 1 amide bonds. The Morgan fingerprint density at radius 1 is 1.52 bits per heavy atom. The predicted octanol–water partition coefficient (Wildman–Crippen LogP) is 1.49. The van der Waals surface area contributed by atoms with Crippen molar-refractivity contribution in [1.82, 2.24) is 15.3 Å². The van der Waals surface area contributed by atoms with Crippen LogP contribution in [0, 0.1) is 0 Å². The second kappa shape index (κ2) is 5.83. The highest BCUT2D eigenvalue weighted by molar-refractivity contribution is 5.97. The summed E-state index contributed by atoms with van der Waals surface area (Å²) in [6.45, 7) is 1.76. The third-order valence-corrected chi connectivity index (χ3v) is 3.91. The van der Waals surface area contributed by atoms with Crippen LogP contribution in [-0.2, 0) is 9.47 Å². The molecule has 0 atom stereocenters. The molecule has 0 unspecified atom stereocenters. The first kappa shape index (κ1) is 14.0. The van der Waals surface area contributed by atoms with E-state index in [0.717, 1.165) is 23.9 Å². The molecule has 0 radical (unpaired) electrons. The molecule has 112 valence electrons. The lowest BCUT2D eigenvalue weighted by Gasteiger charge is -2.37. The van der Waals surface area contributed by atoms with Gasteiger partial charge in [0.2, 0.25) is 0 Å². The lowest BCUT2D eigenvalue weighted by molar-refractivity contribution is 0.00205. The van der Waals surface area contributed by atoms with Crippen molar-refractivity contribution in [2.24, 2.45) is 0 Å². The number of aromatic amines is 1. The number of carbonyl (C=O) groups excluding carboxylic acids is 1. The van der Waals surface area contributed by atoms with Crippen LogP contribution in [0.2, 0.25) is 0 Å². The summed E-state index contributed by atoms with van der Waals surface area (Å²) in [4.78, 5) is 19.8. The third-order valence-electron chi connectivity index (χ3n) is 3.91. The highest BCUT2D eigenvalue weighted by Crippen LogP contribution is 2.22. The Morgan fingerprint density at radius 2 is 2.33 bits per heavy atom. The molecule has 3 rings (SSSR count). The number of fused-ring (bicyclic) bond motifs is 1. The third kappa shape index (κ3) is 2.91. The summed E-state index contributed by atoms with van der Waals surface area (Å²) in [5, 5.41) is 3.11. The molecule has 0 aliphatic carbocycles. The second-order valence-electron chi connectivity index (χ2n) is 5.41. The zero-order valence-electron chi connectivity index (χ0n) is 12.0. The number of nitrogens with zero attached hydrogens (tertiary/aromatic N) is 1. The number of aromatic nitrogens is 2. The van der Waals surface area contributed by atoms with Gasteiger partial charge >= 0.3 is 0 Å². The smallest absolute Gasteiger partial charge is 0.253 e. The molecule has 3 heterocycles. The maximum Gasteiger partial charge on any atom is 0.253 e. The molecule has 1 fully saturated rings. The van der Waals surface area contributed by atoms with E-state index in [1.807, 2.05) is 18.3 Å². The van der Waals surface area contributed by atoms with Gasteiger partial charge < -0.3 is 19.8 Å². The lowest BCUT2D eigenvalue weighted by atomic mass is 9.90. The summed E-state index contributed by atoms with van der Waals surface area (Å²) < 4.78 is 10.7. The van der Waals surface area contributed by atoms with Crippen LogP contribution < -0.4 is 5.32 Å². The van der Waals surface area contributed by atoms with Crippen LogP contribution in [0.5, 0.6) is 0 Å². The fraction of sp³-hybridized carbons (Fsp3) is 0.467. The van der Waals surface area contributed by atoms with E-state index < -0.39 is 0 Å². The zero-order chi connectivity index (χ0) is 14.7. The van der Waals surface area contributed by atoms with Gasteiger partial charge in [-0.1, -0.05) is 0 Å². The summed E-state index contributed by atoms with van der Waals surface area (Å²) in [5.74, 6) is -0.127. The molecule has 2 aromatic heterocycles. The van der Waals surface area contributed by atoms with Crippen LogP contribution in [0.3, 0.4) is 0 Å². The van der Waals surface area contributed by atoms with Crippen LogP contribution in [0.25, 0.3) is 11.0 Å². The van der Waals surface area contributed by atoms with Crippen LogP contribution in [0.4, 0.5) is 0 Å². The van der Waals surface area contributed by atoms with Gasteiger partial charge in [-0.25, -0.2) is 0 Å². The first-order valence-corrected chi connectivity index (χ1v) is 7.05. The number of nitrogens with one attached hydrogen (secondary N) is 2. The van der Waals surface area contributed by atoms with Gasteiger partial charge in [0.15, 0.2) is 0 Å². The number of pyridine rings is 1. The van der Waals surface area contributed by atoms with Crippen molar-refractivity contribution in [2.45, 2.75) is 18.4 Å². The van der Waals surface area contributed by atoms with Crippen molar-refractivity contribution in [2.75, 3.05) is 26.9 Å². The fourth-order valence-electron chi connectivity index (χ4n) is 2.72. The minimum absolute atomic E-state index is 0.127. The van der Waals surface area contributed by atoms with Gasteiger partial charge in [-0.05, 0) is 25.0 Å². The number of carbonyl (C=O) groups is 1. The number of hydrogen-bond donors (Lipinski definition) is 2. The normalized spacial score (nSPS) is 17.8. The molecule has 2 aromatic rings.